The van der Waals surface area contributed by atoms with Gasteiger partial charge in [-0.3, -0.25) is 14.4 Å². The molecule has 1 aliphatic heterocycles. The molecular formula is C23H15ClN2O3. The second kappa shape index (κ2) is 6.57. The van der Waals surface area contributed by atoms with Gasteiger partial charge in [-0.25, -0.2) is 9.36 Å². The van der Waals surface area contributed by atoms with Crippen LogP contribution in [-0.2, 0) is 6.54 Å². The van der Waals surface area contributed by atoms with Gasteiger partial charge in [-0.05, 0) is 48.0 Å². The van der Waals surface area contributed by atoms with Gasteiger partial charge in [-0.15, -0.1) is 0 Å². The minimum atomic E-state index is -0.578. The van der Waals surface area contributed by atoms with E-state index in [4.69, 9.17) is 11.6 Å². The molecule has 0 aliphatic carbocycles. The molecule has 29 heavy (non-hydrogen) atoms. The van der Waals surface area contributed by atoms with Crippen molar-refractivity contribution in [2.45, 2.75) is 12.5 Å². The Labute approximate surface area is 170 Å². The third-order valence-electron chi connectivity index (χ3n) is 5.40. The highest BCUT2D eigenvalue weighted by Crippen LogP contribution is 2.31. The summed E-state index contributed by atoms with van der Waals surface area (Å²) in [4.78, 5) is 39.6. The van der Waals surface area contributed by atoms with Crippen molar-refractivity contribution < 1.29 is 4.79 Å². The Bertz CT molecular complexity index is 1400. The summed E-state index contributed by atoms with van der Waals surface area (Å²) in [5.74, 6) is -0.696. The van der Waals surface area contributed by atoms with E-state index < -0.39 is 5.92 Å². The average molecular weight is 403 g/mol. The number of rotatable bonds is 2. The van der Waals surface area contributed by atoms with E-state index in [2.05, 4.69) is 0 Å². The fraction of sp³-hybridized carbons (Fsp3) is 0.0870. The first-order chi connectivity index (χ1) is 14.1. The lowest BCUT2D eigenvalue weighted by Gasteiger charge is -2.29. The highest BCUT2D eigenvalue weighted by molar-refractivity contribution is 6.30. The molecule has 1 aliphatic rings. The number of nitrogens with zero attached hydrogens (tertiary/aromatic N) is 2. The summed E-state index contributed by atoms with van der Waals surface area (Å²) in [5.41, 5.74) is 1.23. The highest BCUT2D eigenvalue weighted by atomic mass is 35.5. The Hall–Kier alpha value is -3.44. The zero-order valence-corrected chi connectivity index (χ0v) is 16.0. The normalized spacial score (nSPS) is 15.0. The Kier molecular flexibility index (Phi) is 4.00. The Morgan fingerprint density at radius 3 is 2.17 bits per heavy atom. The number of aromatic nitrogens is 2. The molecular weight excluding hydrogens is 388 g/mol. The van der Waals surface area contributed by atoms with Crippen molar-refractivity contribution in [1.82, 2.24) is 9.36 Å². The van der Waals surface area contributed by atoms with Crippen LogP contribution in [0.15, 0.2) is 82.4 Å². The SMILES string of the molecule is O=C(c1ccc(Cl)cc1)C1Cn2c(=O)c3ccccc3c(=O)n2-c2ccccc21. The van der Waals surface area contributed by atoms with Crippen molar-refractivity contribution >= 4 is 28.2 Å². The van der Waals surface area contributed by atoms with E-state index in [1.54, 1.807) is 60.7 Å². The molecule has 6 heteroatoms. The van der Waals surface area contributed by atoms with E-state index in [0.29, 0.717) is 27.0 Å². The fourth-order valence-corrected chi connectivity index (χ4v) is 4.13. The van der Waals surface area contributed by atoms with Crippen LogP contribution in [0, 0.1) is 0 Å². The lowest BCUT2D eigenvalue weighted by atomic mass is 9.88. The number of hydrogen-bond donors (Lipinski definition) is 0. The van der Waals surface area contributed by atoms with E-state index >= 15 is 0 Å². The monoisotopic (exact) mass is 402 g/mol. The largest absolute Gasteiger partial charge is 0.293 e. The van der Waals surface area contributed by atoms with Crippen LogP contribution in [0.1, 0.15) is 21.8 Å². The van der Waals surface area contributed by atoms with Gasteiger partial charge in [0.2, 0.25) is 0 Å². The fourth-order valence-electron chi connectivity index (χ4n) is 4.00. The second-order valence-corrected chi connectivity index (χ2v) is 7.47. The van der Waals surface area contributed by atoms with Crippen molar-refractivity contribution in [3.05, 3.63) is 110 Å². The number of fused-ring (bicyclic) bond motifs is 4. The van der Waals surface area contributed by atoms with E-state index in [9.17, 15) is 14.4 Å². The van der Waals surface area contributed by atoms with Crippen LogP contribution in [0.5, 0.6) is 0 Å². The molecule has 0 spiro atoms. The second-order valence-electron chi connectivity index (χ2n) is 7.03. The van der Waals surface area contributed by atoms with E-state index in [-0.39, 0.29) is 23.4 Å². The van der Waals surface area contributed by atoms with Crippen LogP contribution in [0.3, 0.4) is 0 Å². The van der Waals surface area contributed by atoms with Gasteiger partial charge >= 0.3 is 0 Å². The van der Waals surface area contributed by atoms with Gasteiger partial charge in [-0.1, -0.05) is 41.9 Å². The maximum absolute atomic E-state index is 13.3. The molecule has 4 aromatic rings. The summed E-state index contributed by atoms with van der Waals surface area (Å²) < 4.78 is 2.77. The third-order valence-corrected chi connectivity index (χ3v) is 5.65. The lowest BCUT2D eigenvalue weighted by Crippen LogP contribution is -2.43. The summed E-state index contributed by atoms with van der Waals surface area (Å²) in [6, 6.07) is 20.7. The first-order valence-corrected chi connectivity index (χ1v) is 9.58. The molecule has 0 radical (unpaired) electrons. The van der Waals surface area contributed by atoms with E-state index in [1.807, 2.05) is 12.1 Å². The molecule has 142 valence electrons. The molecule has 0 bridgehead atoms. The Balaban J connectivity index is 1.77. The topological polar surface area (TPSA) is 61.1 Å². The number of para-hydroxylation sites is 1. The highest BCUT2D eigenvalue weighted by Gasteiger charge is 2.32. The van der Waals surface area contributed by atoms with Gasteiger partial charge < -0.3 is 0 Å². The van der Waals surface area contributed by atoms with Gasteiger partial charge in [0.25, 0.3) is 11.1 Å². The predicted molar refractivity (Wildman–Crippen MR) is 112 cm³/mol. The van der Waals surface area contributed by atoms with Crippen LogP contribution in [0.2, 0.25) is 5.02 Å². The van der Waals surface area contributed by atoms with Gasteiger partial charge in [-0.2, -0.15) is 0 Å². The van der Waals surface area contributed by atoms with Gasteiger partial charge in [0.15, 0.2) is 5.78 Å². The smallest absolute Gasteiger partial charge is 0.278 e. The molecule has 5 nitrogen and oxygen atoms in total. The minimum Gasteiger partial charge on any atom is -0.293 e. The summed E-state index contributed by atoms with van der Waals surface area (Å²) in [6.45, 7) is 0.0946. The summed E-state index contributed by atoms with van der Waals surface area (Å²) in [7, 11) is 0. The molecule has 1 aromatic heterocycles. The number of Topliss-reactive ketones (excluding diaryl/α,β-unsaturated/α-hetero) is 1. The molecule has 0 fully saturated rings. The molecule has 0 amide bonds. The molecule has 2 heterocycles. The number of hydrogen-bond acceptors (Lipinski definition) is 3. The first kappa shape index (κ1) is 17.6. The van der Waals surface area contributed by atoms with Crippen LogP contribution in [0.4, 0.5) is 0 Å². The van der Waals surface area contributed by atoms with Crippen molar-refractivity contribution in [2.24, 2.45) is 0 Å². The summed E-state index contributed by atoms with van der Waals surface area (Å²) in [6.07, 6.45) is 0. The Morgan fingerprint density at radius 1 is 0.828 bits per heavy atom. The van der Waals surface area contributed by atoms with Crippen molar-refractivity contribution in [3.8, 4) is 5.69 Å². The molecule has 0 N–H and O–H groups in total. The number of carbonyl (C=O) groups excluding carboxylic acids is 1. The van der Waals surface area contributed by atoms with Crippen molar-refractivity contribution in [3.63, 3.8) is 0 Å². The Morgan fingerprint density at radius 2 is 1.45 bits per heavy atom. The molecule has 1 atom stereocenters. The average Bonchev–Trinajstić information content (AvgIpc) is 2.76. The van der Waals surface area contributed by atoms with Crippen LogP contribution in [-0.4, -0.2) is 15.1 Å². The number of halogens is 1. The molecule has 5 rings (SSSR count). The number of carbonyl (C=O) groups is 1. The van der Waals surface area contributed by atoms with Crippen molar-refractivity contribution in [2.75, 3.05) is 0 Å². The molecule has 0 saturated carbocycles. The van der Waals surface area contributed by atoms with Crippen molar-refractivity contribution in [1.29, 1.82) is 0 Å². The standard InChI is InChI=1S/C23H15ClN2O3/c24-15-11-9-14(10-12-15)21(27)19-13-25-22(28)17-6-1-2-7-18(17)23(29)26(25)20-8-4-3-5-16(19)20/h1-12,19H,13H2. The number of benzene rings is 3. The molecule has 1 unspecified atom stereocenters. The van der Waals surface area contributed by atoms with Crippen LogP contribution >= 0.6 is 11.6 Å². The summed E-state index contributed by atoms with van der Waals surface area (Å²) >= 11 is 5.95. The van der Waals surface area contributed by atoms with E-state index in [1.165, 1.54) is 9.36 Å². The lowest BCUT2D eigenvalue weighted by molar-refractivity contribution is 0.0942. The maximum Gasteiger partial charge on any atom is 0.278 e. The van der Waals surface area contributed by atoms with Gasteiger partial charge in [0.1, 0.15) is 0 Å². The molecule has 3 aromatic carbocycles. The van der Waals surface area contributed by atoms with Crippen LogP contribution in [0.25, 0.3) is 16.5 Å². The zero-order valence-electron chi connectivity index (χ0n) is 15.2. The third kappa shape index (κ3) is 2.66. The maximum atomic E-state index is 13.3. The van der Waals surface area contributed by atoms with Gasteiger partial charge in [0.05, 0.1) is 28.9 Å². The van der Waals surface area contributed by atoms with E-state index in [0.717, 1.165) is 5.56 Å². The number of ketones is 1. The summed E-state index contributed by atoms with van der Waals surface area (Å²) in [5, 5.41) is 1.27. The quantitative estimate of drug-likeness (QED) is 0.479. The zero-order chi connectivity index (χ0) is 20.1. The molecule has 0 saturated heterocycles. The first-order valence-electron chi connectivity index (χ1n) is 9.20. The predicted octanol–water partition coefficient (Wildman–Crippen LogP) is 3.79. The van der Waals surface area contributed by atoms with Crippen LogP contribution < -0.4 is 11.1 Å². The van der Waals surface area contributed by atoms with Gasteiger partial charge in [0, 0.05) is 10.6 Å². The minimum absolute atomic E-state index is 0.0946.